The van der Waals surface area contributed by atoms with Crippen molar-refractivity contribution in [2.24, 2.45) is 0 Å². The number of amides is 2. The molecule has 164 valence electrons. The molecular weight excluding hydrogens is 414 g/mol. The Morgan fingerprint density at radius 1 is 1.06 bits per heavy atom. The zero-order valence-electron chi connectivity index (χ0n) is 17.7. The highest BCUT2D eigenvalue weighted by atomic mass is 16.6. The number of aromatic nitrogens is 2. The van der Waals surface area contributed by atoms with E-state index in [0.29, 0.717) is 11.4 Å². The Bertz CT molecular complexity index is 1260. The number of nitrogens with zero attached hydrogens (tertiary/aromatic N) is 3. The Morgan fingerprint density at radius 2 is 1.72 bits per heavy atom. The normalized spacial score (nSPS) is 10.5. The SMILES string of the molecule is Cc1cccc(C)c1NC(=O)CNC(=O)c1nn(-c2ccccc2[N+](=O)[O-])c(C)cc1=O. The second-order valence-corrected chi connectivity index (χ2v) is 7.15. The second kappa shape index (κ2) is 9.21. The molecule has 2 N–H and O–H groups in total. The van der Waals surface area contributed by atoms with E-state index >= 15 is 0 Å². The molecular formula is C22H21N5O5. The highest BCUT2D eigenvalue weighted by molar-refractivity contribution is 5.99. The highest BCUT2D eigenvalue weighted by Crippen LogP contribution is 2.22. The molecule has 10 heteroatoms. The maximum atomic E-state index is 12.6. The summed E-state index contributed by atoms with van der Waals surface area (Å²) in [4.78, 5) is 48.0. The zero-order chi connectivity index (χ0) is 23.4. The van der Waals surface area contributed by atoms with E-state index in [1.165, 1.54) is 18.2 Å². The van der Waals surface area contributed by atoms with Gasteiger partial charge in [0.25, 0.3) is 11.6 Å². The van der Waals surface area contributed by atoms with Crippen molar-refractivity contribution >= 4 is 23.2 Å². The fraction of sp³-hybridized carbons (Fsp3) is 0.182. The summed E-state index contributed by atoms with van der Waals surface area (Å²) >= 11 is 0. The summed E-state index contributed by atoms with van der Waals surface area (Å²) in [5, 5.41) is 20.5. The Morgan fingerprint density at radius 3 is 2.38 bits per heavy atom. The van der Waals surface area contributed by atoms with Crippen LogP contribution in [0.1, 0.15) is 27.3 Å². The van der Waals surface area contributed by atoms with Gasteiger partial charge in [0.05, 0.1) is 11.5 Å². The van der Waals surface area contributed by atoms with E-state index in [-0.39, 0.29) is 17.9 Å². The summed E-state index contributed by atoms with van der Waals surface area (Å²) in [7, 11) is 0. The molecule has 32 heavy (non-hydrogen) atoms. The van der Waals surface area contributed by atoms with Crippen LogP contribution in [0, 0.1) is 30.9 Å². The number of carbonyl (C=O) groups is 2. The van der Waals surface area contributed by atoms with Crippen molar-refractivity contribution in [3.63, 3.8) is 0 Å². The smallest absolute Gasteiger partial charge is 0.294 e. The molecule has 0 saturated carbocycles. The van der Waals surface area contributed by atoms with Crippen molar-refractivity contribution in [1.82, 2.24) is 15.1 Å². The number of anilines is 1. The van der Waals surface area contributed by atoms with Gasteiger partial charge in [-0.25, -0.2) is 4.68 Å². The average molecular weight is 435 g/mol. The summed E-state index contributed by atoms with van der Waals surface area (Å²) < 4.78 is 1.16. The van der Waals surface area contributed by atoms with Crippen molar-refractivity contribution in [3.8, 4) is 5.69 Å². The van der Waals surface area contributed by atoms with Crippen molar-refractivity contribution in [2.75, 3.05) is 11.9 Å². The van der Waals surface area contributed by atoms with Crippen LogP contribution in [0.3, 0.4) is 0 Å². The summed E-state index contributed by atoms with van der Waals surface area (Å²) in [6.07, 6.45) is 0. The van der Waals surface area contributed by atoms with E-state index in [1.54, 1.807) is 13.0 Å². The first-order chi connectivity index (χ1) is 15.2. The molecule has 0 radical (unpaired) electrons. The van der Waals surface area contributed by atoms with E-state index in [4.69, 9.17) is 0 Å². The van der Waals surface area contributed by atoms with E-state index in [2.05, 4.69) is 15.7 Å². The number of benzene rings is 2. The van der Waals surface area contributed by atoms with Crippen LogP contribution in [0.5, 0.6) is 0 Å². The Kier molecular flexibility index (Phi) is 6.43. The van der Waals surface area contributed by atoms with Gasteiger partial charge in [0.15, 0.2) is 5.69 Å². The van der Waals surface area contributed by atoms with Gasteiger partial charge in [0, 0.05) is 23.5 Å². The van der Waals surface area contributed by atoms with E-state index in [9.17, 15) is 24.5 Å². The van der Waals surface area contributed by atoms with Gasteiger partial charge in [-0.05, 0) is 38.0 Å². The summed E-state index contributed by atoms with van der Waals surface area (Å²) in [6.45, 7) is 4.86. The van der Waals surface area contributed by atoms with Gasteiger partial charge in [-0.3, -0.25) is 24.5 Å². The minimum absolute atomic E-state index is 0.108. The van der Waals surface area contributed by atoms with Gasteiger partial charge in [0.1, 0.15) is 5.69 Å². The maximum Gasteiger partial charge on any atom is 0.294 e. The molecule has 0 aliphatic carbocycles. The molecule has 0 fully saturated rings. The number of rotatable bonds is 6. The van der Waals surface area contributed by atoms with Crippen LogP contribution >= 0.6 is 0 Å². The highest BCUT2D eigenvalue weighted by Gasteiger charge is 2.20. The number of hydrogen-bond acceptors (Lipinski definition) is 6. The molecule has 0 aliphatic rings. The minimum Gasteiger partial charge on any atom is -0.341 e. The molecule has 1 heterocycles. The minimum atomic E-state index is -0.862. The Balaban J connectivity index is 1.82. The number of aryl methyl sites for hydroxylation is 3. The molecule has 10 nitrogen and oxygen atoms in total. The van der Waals surface area contributed by atoms with E-state index in [0.717, 1.165) is 21.9 Å². The second-order valence-electron chi connectivity index (χ2n) is 7.15. The van der Waals surface area contributed by atoms with Crippen LogP contribution in [0.2, 0.25) is 0 Å². The zero-order valence-corrected chi connectivity index (χ0v) is 17.7. The number of nitrogens with one attached hydrogen (secondary N) is 2. The lowest BCUT2D eigenvalue weighted by atomic mass is 10.1. The maximum absolute atomic E-state index is 12.6. The largest absolute Gasteiger partial charge is 0.341 e. The van der Waals surface area contributed by atoms with Gasteiger partial charge in [-0.2, -0.15) is 5.10 Å². The van der Waals surface area contributed by atoms with E-state index < -0.39 is 27.9 Å². The molecule has 1 aromatic heterocycles. The molecule has 0 bridgehead atoms. The average Bonchev–Trinajstić information content (AvgIpc) is 2.75. The van der Waals surface area contributed by atoms with Gasteiger partial charge in [-0.1, -0.05) is 30.3 Å². The number of nitro benzene ring substituents is 1. The van der Waals surface area contributed by atoms with Gasteiger partial charge >= 0.3 is 0 Å². The van der Waals surface area contributed by atoms with Crippen LogP contribution in [-0.4, -0.2) is 33.1 Å². The topological polar surface area (TPSA) is 136 Å². The summed E-state index contributed by atoms with van der Waals surface area (Å²) in [5.74, 6) is -1.33. The third-order valence-electron chi connectivity index (χ3n) is 4.78. The number of carbonyl (C=O) groups excluding carboxylic acids is 2. The first-order valence-electron chi connectivity index (χ1n) is 9.68. The Hall–Kier alpha value is -4.34. The van der Waals surface area contributed by atoms with E-state index in [1.807, 2.05) is 32.0 Å². The monoisotopic (exact) mass is 435 g/mol. The summed E-state index contributed by atoms with van der Waals surface area (Å²) in [6, 6.07) is 12.6. The molecule has 0 atom stereocenters. The van der Waals surface area contributed by atoms with Gasteiger partial charge < -0.3 is 10.6 Å². The molecule has 0 spiro atoms. The molecule has 0 saturated heterocycles. The lowest BCUT2D eigenvalue weighted by Gasteiger charge is -2.13. The van der Waals surface area contributed by atoms with Crippen LogP contribution < -0.4 is 16.1 Å². The number of para-hydroxylation sites is 3. The van der Waals surface area contributed by atoms with Crippen molar-refractivity contribution in [1.29, 1.82) is 0 Å². The lowest BCUT2D eigenvalue weighted by Crippen LogP contribution is -2.37. The quantitative estimate of drug-likeness (QED) is 0.451. The summed E-state index contributed by atoms with van der Waals surface area (Å²) in [5.41, 5.74) is 1.45. The van der Waals surface area contributed by atoms with Crippen LogP contribution in [0.25, 0.3) is 5.69 Å². The fourth-order valence-electron chi connectivity index (χ4n) is 3.19. The van der Waals surface area contributed by atoms with Crippen LogP contribution in [-0.2, 0) is 4.79 Å². The lowest BCUT2D eigenvalue weighted by molar-refractivity contribution is -0.384. The first kappa shape index (κ1) is 22.3. The number of nitro groups is 1. The first-order valence-corrected chi connectivity index (χ1v) is 9.68. The van der Waals surface area contributed by atoms with Crippen molar-refractivity contribution in [3.05, 3.63) is 91.4 Å². The number of hydrogen-bond donors (Lipinski definition) is 2. The molecule has 2 aromatic carbocycles. The molecule has 3 aromatic rings. The standard InChI is InChI=1S/C22H21N5O5/c1-13-7-6-8-14(2)20(13)24-19(29)12-23-22(30)21-18(28)11-15(3)26(25-21)16-9-4-5-10-17(16)27(31)32/h4-11H,12H2,1-3H3,(H,23,30)(H,24,29). The molecule has 0 aliphatic heterocycles. The predicted molar refractivity (Wildman–Crippen MR) is 118 cm³/mol. The fourth-order valence-corrected chi connectivity index (χ4v) is 3.19. The van der Waals surface area contributed by atoms with Crippen molar-refractivity contribution in [2.45, 2.75) is 20.8 Å². The predicted octanol–water partition coefficient (Wildman–Crippen LogP) is 2.43. The third-order valence-corrected chi connectivity index (χ3v) is 4.78. The van der Waals surface area contributed by atoms with Crippen molar-refractivity contribution < 1.29 is 14.5 Å². The molecule has 2 amide bonds. The Labute approximate surface area is 183 Å². The third kappa shape index (κ3) is 4.69. The van der Waals surface area contributed by atoms with Crippen LogP contribution in [0.4, 0.5) is 11.4 Å². The molecule has 0 unspecified atom stereocenters. The van der Waals surface area contributed by atoms with Gasteiger partial charge in [0.2, 0.25) is 11.3 Å². The van der Waals surface area contributed by atoms with Crippen LogP contribution in [0.15, 0.2) is 53.3 Å². The molecule has 3 rings (SSSR count). The van der Waals surface area contributed by atoms with Gasteiger partial charge in [-0.15, -0.1) is 0 Å².